The lowest BCUT2D eigenvalue weighted by Crippen LogP contribution is -2.36. The quantitative estimate of drug-likeness (QED) is 0.731. The average Bonchev–Trinajstić information content (AvgIpc) is 2.36. The van der Waals surface area contributed by atoms with E-state index in [0.717, 1.165) is 9.37 Å². The van der Waals surface area contributed by atoms with E-state index in [4.69, 9.17) is 16.3 Å². The Morgan fingerprint density at radius 3 is 2.74 bits per heavy atom. The zero-order valence-electron chi connectivity index (χ0n) is 10.2. The highest BCUT2D eigenvalue weighted by atomic mass is 79.9. The summed E-state index contributed by atoms with van der Waals surface area (Å²) < 4.78 is 30.7. The first-order valence-electron chi connectivity index (χ1n) is 5.46. The van der Waals surface area contributed by atoms with Gasteiger partial charge in [-0.15, -0.1) is 11.6 Å². The van der Waals surface area contributed by atoms with Gasteiger partial charge in [-0.05, 0) is 18.2 Å². The lowest BCUT2D eigenvalue weighted by Gasteiger charge is -2.22. The van der Waals surface area contributed by atoms with E-state index in [2.05, 4.69) is 15.9 Å². The fourth-order valence-corrected chi connectivity index (χ4v) is 2.10. The number of alkyl halides is 3. The van der Waals surface area contributed by atoms with E-state index in [-0.39, 0.29) is 18.0 Å². The predicted octanol–water partition coefficient (Wildman–Crippen LogP) is 3.40. The third-order valence-electron chi connectivity index (χ3n) is 2.39. The number of rotatable bonds is 6. The minimum atomic E-state index is -2.60. The third-order valence-corrected chi connectivity index (χ3v) is 3.06. The molecule has 0 N–H and O–H groups in total. The number of ether oxygens (including phenoxy) is 1. The molecule has 0 radical (unpaired) electrons. The SMILES string of the molecule is COc1cc(Br)ccc1C(=O)N(CCCl)CC(F)F. The Balaban J connectivity index is 3.01. The fraction of sp³-hybridized carbons (Fsp3) is 0.417. The average molecular weight is 357 g/mol. The molecule has 0 saturated heterocycles. The maximum atomic E-state index is 12.5. The highest BCUT2D eigenvalue weighted by Gasteiger charge is 2.22. The second-order valence-corrected chi connectivity index (χ2v) is 4.97. The Bertz CT molecular complexity index is 446. The number of methoxy groups -OCH3 is 1. The molecule has 7 heteroatoms. The van der Waals surface area contributed by atoms with Gasteiger partial charge in [0, 0.05) is 16.9 Å². The predicted molar refractivity (Wildman–Crippen MR) is 73.3 cm³/mol. The van der Waals surface area contributed by atoms with Crippen LogP contribution in [0.1, 0.15) is 10.4 Å². The van der Waals surface area contributed by atoms with Crippen LogP contribution in [0.4, 0.5) is 8.78 Å². The molecule has 1 aromatic carbocycles. The molecule has 1 aromatic rings. The molecule has 0 aliphatic carbocycles. The van der Waals surface area contributed by atoms with E-state index in [0.29, 0.717) is 5.75 Å². The summed E-state index contributed by atoms with van der Waals surface area (Å²) in [4.78, 5) is 13.2. The Morgan fingerprint density at radius 2 is 2.21 bits per heavy atom. The van der Waals surface area contributed by atoms with E-state index in [9.17, 15) is 13.6 Å². The van der Waals surface area contributed by atoms with Crippen LogP contribution in [0.25, 0.3) is 0 Å². The molecule has 3 nitrogen and oxygen atoms in total. The minimum Gasteiger partial charge on any atom is -0.496 e. The van der Waals surface area contributed by atoms with Gasteiger partial charge in [-0.3, -0.25) is 4.79 Å². The molecule has 0 saturated carbocycles. The first-order valence-corrected chi connectivity index (χ1v) is 6.79. The van der Waals surface area contributed by atoms with E-state index in [1.165, 1.54) is 13.2 Å². The van der Waals surface area contributed by atoms with Crippen LogP contribution in [-0.2, 0) is 0 Å². The van der Waals surface area contributed by atoms with Crippen LogP contribution in [0.2, 0.25) is 0 Å². The van der Waals surface area contributed by atoms with Crippen molar-refractivity contribution in [1.82, 2.24) is 4.90 Å². The topological polar surface area (TPSA) is 29.5 Å². The number of halogens is 4. The largest absolute Gasteiger partial charge is 0.496 e. The Hall–Kier alpha value is -0.880. The number of carbonyl (C=O) groups is 1. The van der Waals surface area contributed by atoms with Gasteiger partial charge >= 0.3 is 0 Å². The van der Waals surface area contributed by atoms with Gasteiger partial charge in [0.25, 0.3) is 12.3 Å². The normalized spacial score (nSPS) is 10.6. The summed E-state index contributed by atoms with van der Waals surface area (Å²) in [5, 5.41) is 0. The van der Waals surface area contributed by atoms with Crippen LogP contribution in [0.5, 0.6) is 5.75 Å². The summed E-state index contributed by atoms with van der Waals surface area (Å²) in [5.74, 6) is -0.101. The maximum Gasteiger partial charge on any atom is 0.257 e. The second-order valence-electron chi connectivity index (χ2n) is 3.68. The summed E-state index contributed by atoms with van der Waals surface area (Å²) in [6, 6.07) is 4.78. The van der Waals surface area contributed by atoms with Gasteiger partial charge in [0.15, 0.2) is 0 Å². The van der Waals surface area contributed by atoms with E-state index in [1.807, 2.05) is 0 Å². The number of hydrogen-bond acceptors (Lipinski definition) is 2. The molecule has 0 aromatic heterocycles. The standard InChI is InChI=1S/C12H13BrClF2NO2/c1-19-10-6-8(13)2-3-9(10)12(18)17(5-4-14)7-11(15)16/h2-3,6,11H,4-5,7H2,1H3. The molecular formula is C12H13BrClF2NO2. The van der Waals surface area contributed by atoms with Crippen molar-refractivity contribution in [2.24, 2.45) is 0 Å². The number of nitrogens with zero attached hydrogens (tertiary/aromatic N) is 1. The summed E-state index contributed by atoms with van der Waals surface area (Å²) in [6.45, 7) is -0.589. The molecule has 1 amide bonds. The van der Waals surface area contributed by atoms with Crippen LogP contribution in [-0.4, -0.2) is 43.3 Å². The highest BCUT2D eigenvalue weighted by Crippen LogP contribution is 2.25. The third kappa shape index (κ3) is 4.62. The van der Waals surface area contributed by atoms with Crippen molar-refractivity contribution < 1.29 is 18.3 Å². The van der Waals surface area contributed by atoms with Crippen LogP contribution in [0, 0.1) is 0 Å². The maximum absolute atomic E-state index is 12.5. The molecule has 0 spiro atoms. The van der Waals surface area contributed by atoms with Crippen molar-refractivity contribution in [2.45, 2.75) is 6.43 Å². The number of carbonyl (C=O) groups excluding carboxylic acids is 1. The zero-order valence-corrected chi connectivity index (χ0v) is 12.5. The van der Waals surface area contributed by atoms with Gasteiger partial charge in [-0.2, -0.15) is 0 Å². The Labute approximate surface area is 123 Å². The fourth-order valence-electron chi connectivity index (χ4n) is 1.56. The van der Waals surface area contributed by atoms with Gasteiger partial charge in [-0.25, -0.2) is 8.78 Å². The van der Waals surface area contributed by atoms with Crippen molar-refractivity contribution in [3.05, 3.63) is 28.2 Å². The van der Waals surface area contributed by atoms with Gasteiger partial charge < -0.3 is 9.64 Å². The van der Waals surface area contributed by atoms with Gasteiger partial charge in [0.1, 0.15) is 5.75 Å². The highest BCUT2D eigenvalue weighted by molar-refractivity contribution is 9.10. The molecule has 0 atom stereocenters. The molecule has 106 valence electrons. The molecular weight excluding hydrogens is 343 g/mol. The smallest absolute Gasteiger partial charge is 0.257 e. The molecule has 0 aliphatic heterocycles. The molecule has 0 heterocycles. The molecule has 19 heavy (non-hydrogen) atoms. The van der Waals surface area contributed by atoms with Gasteiger partial charge in [0.2, 0.25) is 0 Å². The van der Waals surface area contributed by atoms with Crippen LogP contribution in [0.15, 0.2) is 22.7 Å². The molecule has 0 aliphatic rings. The van der Waals surface area contributed by atoms with Crippen molar-refractivity contribution >= 4 is 33.4 Å². The monoisotopic (exact) mass is 355 g/mol. The van der Waals surface area contributed by atoms with Crippen LogP contribution in [0.3, 0.4) is 0 Å². The molecule has 0 fully saturated rings. The van der Waals surface area contributed by atoms with Crippen molar-refractivity contribution in [3.8, 4) is 5.75 Å². The zero-order chi connectivity index (χ0) is 14.4. The first kappa shape index (κ1) is 16.2. The number of benzene rings is 1. The van der Waals surface area contributed by atoms with Crippen molar-refractivity contribution in [3.63, 3.8) is 0 Å². The second kappa shape index (κ2) is 7.65. The summed E-state index contributed by atoms with van der Waals surface area (Å²) in [7, 11) is 1.41. The Morgan fingerprint density at radius 1 is 1.53 bits per heavy atom. The van der Waals surface area contributed by atoms with E-state index in [1.54, 1.807) is 12.1 Å². The summed E-state index contributed by atoms with van der Waals surface area (Å²) in [5.41, 5.74) is 0.233. The lowest BCUT2D eigenvalue weighted by molar-refractivity contribution is 0.0568. The number of amides is 1. The van der Waals surface area contributed by atoms with E-state index >= 15 is 0 Å². The Kier molecular flexibility index (Phi) is 6.51. The minimum absolute atomic E-state index is 0.0595. The van der Waals surface area contributed by atoms with Crippen molar-refractivity contribution in [1.29, 1.82) is 0 Å². The summed E-state index contributed by atoms with van der Waals surface area (Å²) in [6.07, 6.45) is -2.60. The van der Waals surface area contributed by atoms with Crippen molar-refractivity contribution in [2.75, 3.05) is 26.1 Å². The lowest BCUT2D eigenvalue weighted by atomic mass is 10.1. The van der Waals surface area contributed by atoms with Crippen LogP contribution < -0.4 is 4.74 Å². The molecule has 0 unspecified atom stereocenters. The number of hydrogen-bond donors (Lipinski definition) is 0. The first-order chi connectivity index (χ1) is 8.99. The molecule has 1 rings (SSSR count). The van der Waals surface area contributed by atoms with E-state index < -0.39 is 18.9 Å². The van der Waals surface area contributed by atoms with Crippen LogP contribution >= 0.6 is 27.5 Å². The van der Waals surface area contributed by atoms with Gasteiger partial charge in [-0.1, -0.05) is 15.9 Å². The molecule has 0 bridgehead atoms. The van der Waals surface area contributed by atoms with Gasteiger partial charge in [0.05, 0.1) is 19.2 Å². The summed E-state index contributed by atoms with van der Waals surface area (Å²) >= 11 is 8.78.